The predicted octanol–water partition coefficient (Wildman–Crippen LogP) is 5.98. The third-order valence-corrected chi connectivity index (χ3v) is 9.00. The number of aliphatic carboxylic acids is 1. The molecule has 0 spiro atoms. The van der Waals surface area contributed by atoms with Crippen LogP contribution in [-0.2, 0) is 4.79 Å². The molecule has 0 unspecified atom stereocenters. The number of carboxylic acid groups (broad SMARTS) is 1. The quantitative estimate of drug-likeness (QED) is 0.366. The highest BCUT2D eigenvalue weighted by molar-refractivity contribution is 6.40. The van der Waals surface area contributed by atoms with Gasteiger partial charge in [-0.1, -0.05) is 53.5 Å². The lowest BCUT2D eigenvalue weighted by atomic mass is 9.74. The van der Waals surface area contributed by atoms with Crippen molar-refractivity contribution in [2.24, 2.45) is 5.41 Å². The zero-order chi connectivity index (χ0) is 27.9. The summed E-state index contributed by atoms with van der Waals surface area (Å²) in [5.74, 6) is -1.40. The predicted molar refractivity (Wildman–Crippen MR) is 147 cm³/mol. The van der Waals surface area contributed by atoms with Crippen molar-refractivity contribution in [3.8, 4) is 0 Å². The molecule has 3 heterocycles. The summed E-state index contributed by atoms with van der Waals surface area (Å²) < 4.78 is 1.84. The van der Waals surface area contributed by atoms with Gasteiger partial charge in [-0.15, -0.1) is 0 Å². The summed E-state index contributed by atoms with van der Waals surface area (Å²) in [7, 11) is 0. The molecule has 0 radical (unpaired) electrons. The molecule has 1 amide bonds. The minimum atomic E-state index is -0.777. The Bertz CT molecular complexity index is 1400. The van der Waals surface area contributed by atoms with Gasteiger partial charge < -0.3 is 10.0 Å². The molecule has 2 aliphatic rings. The maximum absolute atomic E-state index is 14.0. The summed E-state index contributed by atoms with van der Waals surface area (Å²) in [6.45, 7) is 4.00. The van der Waals surface area contributed by atoms with Gasteiger partial charge in [0.05, 0.1) is 44.9 Å². The first-order valence-electron chi connectivity index (χ1n) is 13.1. The van der Waals surface area contributed by atoms with Crippen LogP contribution < -0.4 is 0 Å². The molecule has 1 saturated carbocycles. The fraction of sp³-hybridized carbons (Fsp3) is 0.414. The van der Waals surface area contributed by atoms with E-state index in [1.54, 1.807) is 18.0 Å². The Balaban J connectivity index is 1.44. The molecule has 0 bridgehead atoms. The van der Waals surface area contributed by atoms with Crippen LogP contribution in [0.25, 0.3) is 0 Å². The Morgan fingerprint density at radius 1 is 1.03 bits per heavy atom. The molecule has 1 N–H and O–H groups in total. The molecule has 204 valence electrons. The number of Topliss-reactive ketones (excluding diaryl/α,β-unsaturated/α-hetero) is 1. The van der Waals surface area contributed by atoms with E-state index in [2.05, 4.69) is 10.1 Å². The summed E-state index contributed by atoms with van der Waals surface area (Å²) in [6, 6.07) is 9.09. The van der Waals surface area contributed by atoms with Crippen LogP contribution in [0.15, 0.2) is 48.9 Å². The number of aromatic nitrogens is 3. The van der Waals surface area contributed by atoms with Crippen LogP contribution in [-0.4, -0.2) is 55.0 Å². The van der Waals surface area contributed by atoms with Crippen LogP contribution >= 0.6 is 23.2 Å². The van der Waals surface area contributed by atoms with Crippen LogP contribution in [0.3, 0.4) is 0 Å². The number of carbonyl (C=O) groups excluding carboxylic acids is 2. The standard InChI is InChI=1S/C29H30Cl2N4O4/c1-17-21(13-33-35(17)20-8-10-29(2,11-9-20)28(38)39)27(37)34-16-19(18-6-4-3-5-7-18)12-24(34)26(36)25-22(30)14-32-15-23(25)31/h3-7,13-15,19-20,24H,8-12,16H2,1-2H3,(H,38,39)/t19-,20-,24+,29-/m0/s1. The van der Waals surface area contributed by atoms with E-state index in [-0.39, 0.29) is 39.3 Å². The lowest BCUT2D eigenvalue weighted by molar-refractivity contribution is -0.150. The van der Waals surface area contributed by atoms with Crippen molar-refractivity contribution in [2.45, 2.75) is 64.0 Å². The number of carbonyl (C=O) groups is 3. The summed E-state index contributed by atoms with van der Waals surface area (Å²) in [4.78, 5) is 45.1. The van der Waals surface area contributed by atoms with Gasteiger partial charge in [-0.25, -0.2) is 0 Å². The first-order chi connectivity index (χ1) is 18.6. The first kappa shape index (κ1) is 27.3. The number of pyridine rings is 1. The van der Waals surface area contributed by atoms with Gasteiger partial charge in [-0.05, 0) is 51.5 Å². The molecule has 2 atom stereocenters. The van der Waals surface area contributed by atoms with Gasteiger partial charge in [0.15, 0.2) is 5.78 Å². The van der Waals surface area contributed by atoms with Crippen LogP contribution in [0.2, 0.25) is 10.0 Å². The monoisotopic (exact) mass is 568 g/mol. The van der Waals surface area contributed by atoms with Crippen molar-refractivity contribution < 1.29 is 19.5 Å². The fourth-order valence-corrected chi connectivity index (χ4v) is 6.49. The molecule has 2 aromatic heterocycles. The summed E-state index contributed by atoms with van der Waals surface area (Å²) in [6.07, 6.45) is 7.18. The number of benzene rings is 1. The van der Waals surface area contributed by atoms with E-state index in [1.165, 1.54) is 12.4 Å². The highest BCUT2D eigenvalue weighted by Gasteiger charge is 2.43. The van der Waals surface area contributed by atoms with E-state index in [0.717, 1.165) is 5.56 Å². The van der Waals surface area contributed by atoms with Gasteiger partial charge in [-0.3, -0.25) is 24.0 Å². The topological polar surface area (TPSA) is 105 Å². The number of hydrogen-bond donors (Lipinski definition) is 1. The van der Waals surface area contributed by atoms with Gasteiger partial charge in [0, 0.05) is 30.6 Å². The van der Waals surface area contributed by atoms with Crippen LogP contribution in [0.5, 0.6) is 0 Å². The Morgan fingerprint density at radius 3 is 2.28 bits per heavy atom. The Hall–Kier alpha value is -3.23. The zero-order valence-corrected chi connectivity index (χ0v) is 23.3. The second kappa shape index (κ2) is 10.7. The summed E-state index contributed by atoms with van der Waals surface area (Å²) in [5.41, 5.74) is 1.62. The van der Waals surface area contributed by atoms with Crippen molar-refractivity contribution in [1.82, 2.24) is 19.7 Å². The zero-order valence-electron chi connectivity index (χ0n) is 21.8. The highest BCUT2D eigenvalue weighted by Crippen LogP contribution is 2.42. The molecule has 1 saturated heterocycles. The minimum Gasteiger partial charge on any atom is -0.481 e. The van der Waals surface area contributed by atoms with Crippen molar-refractivity contribution in [2.75, 3.05) is 6.54 Å². The van der Waals surface area contributed by atoms with E-state index < -0.39 is 17.4 Å². The average molecular weight is 569 g/mol. The Kier molecular flexibility index (Phi) is 7.53. The van der Waals surface area contributed by atoms with Crippen molar-refractivity contribution in [3.05, 3.63) is 81.4 Å². The molecular formula is C29H30Cl2N4O4. The molecule has 39 heavy (non-hydrogen) atoms. The third kappa shape index (κ3) is 5.08. The smallest absolute Gasteiger partial charge is 0.309 e. The van der Waals surface area contributed by atoms with E-state index in [4.69, 9.17) is 23.2 Å². The van der Waals surface area contributed by atoms with Crippen molar-refractivity contribution in [1.29, 1.82) is 0 Å². The molecular weight excluding hydrogens is 539 g/mol. The van der Waals surface area contributed by atoms with Gasteiger partial charge >= 0.3 is 5.97 Å². The average Bonchev–Trinajstić information content (AvgIpc) is 3.53. The molecule has 2 fully saturated rings. The fourth-order valence-electron chi connectivity index (χ4n) is 5.94. The molecule has 8 nitrogen and oxygen atoms in total. The molecule has 1 aromatic carbocycles. The molecule has 1 aliphatic heterocycles. The van der Waals surface area contributed by atoms with Gasteiger partial charge in [0.1, 0.15) is 0 Å². The number of hydrogen-bond acceptors (Lipinski definition) is 5. The SMILES string of the molecule is Cc1c(C(=O)N2C[C@@H](c3ccccc3)C[C@@H]2C(=O)c2c(Cl)cncc2Cl)cnn1[C@H]1CC[C@](C)(C(=O)O)CC1. The van der Waals surface area contributed by atoms with Crippen molar-refractivity contribution >= 4 is 40.9 Å². The minimum absolute atomic E-state index is 0.0153. The third-order valence-electron chi connectivity index (χ3n) is 8.43. The second-order valence-corrected chi connectivity index (χ2v) is 11.7. The number of likely N-dealkylation sites (tertiary alicyclic amines) is 1. The van der Waals surface area contributed by atoms with Gasteiger partial charge in [0.2, 0.25) is 0 Å². The van der Waals surface area contributed by atoms with Crippen molar-refractivity contribution in [3.63, 3.8) is 0 Å². The Labute approximate surface area is 236 Å². The van der Waals surface area contributed by atoms with E-state index in [9.17, 15) is 19.5 Å². The van der Waals surface area contributed by atoms with Gasteiger partial charge in [0.25, 0.3) is 5.91 Å². The lowest BCUT2D eigenvalue weighted by Crippen LogP contribution is -2.41. The molecule has 3 aromatic rings. The van der Waals surface area contributed by atoms with Gasteiger partial charge in [-0.2, -0.15) is 5.10 Å². The molecule has 5 rings (SSSR count). The Morgan fingerprint density at radius 2 is 1.67 bits per heavy atom. The second-order valence-electron chi connectivity index (χ2n) is 10.8. The number of ketones is 1. The molecule has 1 aliphatic carbocycles. The number of nitrogens with zero attached hydrogens (tertiary/aromatic N) is 4. The van der Waals surface area contributed by atoms with Crippen LogP contribution in [0.1, 0.15) is 83.0 Å². The number of halogens is 2. The maximum atomic E-state index is 14.0. The maximum Gasteiger partial charge on any atom is 0.309 e. The lowest BCUT2D eigenvalue weighted by Gasteiger charge is -2.34. The van der Waals surface area contributed by atoms with Crippen LogP contribution in [0, 0.1) is 12.3 Å². The van der Waals surface area contributed by atoms with E-state index in [0.29, 0.717) is 49.9 Å². The summed E-state index contributed by atoms with van der Waals surface area (Å²) in [5, 5.41) is 14.4. The van der Waals surface area contributed by atoms with E-state index in [1.807, 2.05) is 41.9 Å². The van der Waals surface area contributed by atoms with Crippen LogP contribution in [0.4, 0.5) is 0 Å². The summed E-state index contributed by atoms with van der Waals surface area (Å²) >= 11 is 12.7. The molecule has 10 heteroatoms. The van der Waals surface area contributed by atoms with E-state index >= 15 is 0 Å². The first-order valence-corrected chi connectivity index (χ1v) is 13.8. The number of carboxylic acids is 1. The largest absolute Gasteiger partial charge is 0.481 e. The highest BCUT2D eigenvalue weighted by atomic mass is 35.5. The number of amides is 1. The normalized spacial score (nSPS) is 25.0. The number of rotatable bonds is 6.